The summed E-state index contributed by atoms with van der Waals surface area (Å²) in [7, 11) is -1.46. The highest BCUT2D eigenvalue weighted by Crippen LogP contribution is 2.31. The predicted molar refractivity (Wildman–Crippen MR) is 77.2 cm³/mol. The van der Waals surface area contributed by atoms with Crippen molar-refractivity contribution in [3.63, 3.8) is 0 Å². The fraction of sp³-hybridized carbons (Fsp3) is 0.615. The summed E-state index contributed by atoms with van der Waals surface area (Å²) in [5, 5.41) is 0.0512. The van der Waals surface area contributed by atoms with Crippen molar-refractivity contribution in [3.05, 3.63) is 23.5 Å². The summed E-state index contributed by atoms with van der Waals surface area (Å²) in [6, 6.07) is 3.95. The SMILES string of the molecule is CN1C2CCC1CN(S(=O)(=O)c1cccnc1Cl)CC2. The Morgan fingerprint density at radius 1 is 1.30 bits per heavy atom. The highest BCUT2D eigenvalue weighted by Gasteiger charge is 2.39. The van der Waals surface area contributed by atoms with Crippen LogP contribution in [0.15, 0.2) is 23.2 Å². The molecule has 5 nitrogen and oxygen atoms in total. The van der Waals surface area contributed by atoms with Gasteiger partial charge in [0.2, 0.25) is 10.0 Å². The summed E-state index contributed by atoms with van der Waals surface area (Å²) in [6.07, 6.45) is 4.61. The molecule has 3 heterocycles. The maximum absolute atomic E-state index is 12.7. The van der Waals surface area contributed by atoms with E-state index in [1.165, 1.54) is 18.7 Å². The van der Waals surface area contributed by atoms with Gasteiger partial charge in [-0.25, -0.2) is 13.4 Å². The average molecular weight is 316 g/mol. The van der Waals surface area contributed by atoms with E-state index in [0.717, 1.165) is 12.8 Å². The number of nitrogens with zero attached hydrogens (tertiary/aromatic N) is 3. The molecule has 2 unspecified atom stereocenters. The van der Waals surface area contributed by atoms with Crippen LogP contribution in [-0.4, -0.2) is 54.8 Å². The lowest BCUT2D eigenvalue weighted by Crippen LogP contribution is -2.39. The van der Waals surface area contributed by atoms with Crippen molar-refractivity contribution in [2.45, 2.75) is 36.2 Å². The first-order chi connectivity index (χ1) is 9.50. The standard InChI is InChI=1S/C13H18ClN3O2S/c1-16-10-4-5-11(16)9-17(8-6-10)20(18,19)12-3-2-7-15-13(12)14/h2-3,7,10-11H,4-6,8-9H2,1H3. The second-order valence-corrected chi connectivity index (χ2v) is 7.76. The van der Waals surface area contributed by atoms with Crippen molar-refractivity contribution >= 4 is 21.6 Å². The first-order valence-corrected chi connectivity index (χ1v) is 8.64. The predicted octanol–water partition coefficient (Wildman–Crippen LogP) is 1.59. The molecule has 2 aliphatic rings. The molecule has 0 aliphatic carbocycles. The molecule has 2 atom stereocenters. The first-order valence-electron chi connectivity index (χ1n) is 6.83. The molecule has 0 saturated carbocycles. The van der Waals surface area contributed by atoms with Crippen molar-refractivity contribution < 1.29 is 8.42 Å². The van der Waals surface area contributed by atoms with Gasteiger partial charge in [0.15, 0.2) is 0 Å². The molecule has 3 rings (SSSR count). The quantitative estimate of drug-likeness (QED) is 0.778. The zero-order valence-corrected chi connectivity index (χ0v) is 12.9. The van der Waals surface area contributed by atoms with Crippen LogP contribution < -0.4 is 0 Å². The van der Waals surface area contributed by atoms with Crippen LogP contribution in [0.4, 0.5) is 0 Å². The zero-order valence-electron chi connectivity index (χ0n) is 11.4. The van der Waals surface area contributed by atoms with E-state index in [4.69, 9.17) is 11.6 Å². The van der Waals surface area contributed by atoms with Crippen molar-refractivity contribution in [2.75, 3.05) is 20.1 Å². The number of rotatable bonds is 2. The molecule has 2 bridgehead atoms. The van der Waals surface area contributed by atoms with Crippen LogP contribution in [0.25, 0.3) is 0 Å². The Morgan fingerprint density at radius 3 is 2.80 bits per heavy atom. The molecular weight excluding hydrogens is 298 g/mol. The lowest BCUT2D eigenvalue weighted by molar-refractivity contribution is 0.246. The van der Waals surface area contributed by atoms with E-state index >= 15 is 0 Å². The van der Waals surface area contributed by atoms with Gasteiger partial charge in [0.25, 0.3) is 0 Å². The molecule has 1 aromatic rings. The molecule has 0 spiro atoms. The van der Waals surface area contributed by atoms with E-state index in [2.05, 4.69) is 16.9 Å². The van der Waals surface area contributed by atoms with Crippen LogP contribution >= 0.6 is 11.6 Å². The fourth-order valence-electron chi connectivity index (χ4n) is 3.20. The summed E-state index contributed by atoms with van der Waals surface area (Å²) in [4.78, 5) is 6.31. The molecular formula is C13H18ClN3O2S. The third-order valence-corrected chi connectivity index (χ3v) is 6.76. The van der Waals surface area contributed by atoms with Crippen molar-refractivity contribution in [1.29, 1.82) is 0 Å². The first kappa shape index (κ1) is 14.3. The van der Waals surface area contributed by atoms with Gasteiger partial charge in [-0.3, -0.25) is 4.90 Å². The van der Waals surface area contributed by atoms with Crippen LogP contribution in [0.1, 0.15) is 19.3 Å². The summed E-state index contributed by atoms with van der Waals surface area (Å²) >= 11 is 5.95. The second-order valence-electron chi connectivity index (χ2n) is 5.49. The number of sulfonamides is 1. The Labute approximate surface area is 124 Å². The number of hydrogen-bond acceptors (Lipinski definition) is 4. The zero-order chi connectivity index (χ0) is 14.3. The summed E-state index contributed by atoms with van der Waals surface area (Å²) in [5.74, 6) is 0. The van der Waals surface area contributed by atoms with Crippen molar-refractivity contribution in [2.24, 2.45) is 0 Å². The van der Waals surface area contributed by atoms with Gasteiger partial charge in [-0.15, -0.1) is 0 Å². The van der Waals surface area contributed by atoms with Gasteiger partial charge < -0.3 is 0 Å². The minimum atomic E-state index is -3.55. The van der Waals surface area contributed by atoms with Crippen molar-refractivity contribution in [1.82, 2.24) is 14.2 Å². The smallest absolute Gasteiger partial charge is 0.246 e. The largest absolute Gasteiger partial charge is 0.299 e. The van der Waals surface area contributed by atoms with Gasteiger partial charge in [-0.05, 0) is 38.4 Å². The number of likely N-dealkylation sites (N-methyl/N-ethyl adjacent to an activating group) is 1. The molecule has 110 valence electrons. The molecule has 1 aromatic heterocycles. The Balaban J connectivity index is 1.91. The Hall–Kier alpha value is -0.690. The minimum Gasteiger partial charge on any atom is -0.299 e. The number of pyridine rings is 1. The van der Waals surface area contributed by atoms with E-state index < -0.39 is 10.0 Å². The van der Waals surface area contributed by atoms with E-state index in [-0.39, 0.29) is 10.0 Å². The molecule has 0 amide bonds. The van der Waals surface area contributed by atoms with Crippen LogP contribution in [-0.2, 0) is 10.0 Å². The molecule has 2 saturated heterocycles. The number of halogens is 1. The third kappa shape index (κ3) is 2.35. The van der Waals surface area contributed by atoms with E-state index in [1.807, 2.05) is 0 Å². The maximum atomic E-state index is 12.7. The Kier molecular flexibility index (Phi) is 3.75. The topological polar surface area (TPSA) is 53.5 Å². The number of aromatic nitrogens is 1. The van der Waals surface area contributed by atoms with Crippen LogP contribution in [0.3, 0.4) is 0 Å². The van der Waals surface area contributed by atoms with Gasteiger partial charge in [0.1, 0.15) is 10.0 Å². The van der Waals surface area contributed by atoms with Gasteiger partial charge in [0.05, 0.1) is 0 Å². The van der Waals surface area contributed by atoms with Gasteiger partial charge in [-0.2, -0.15) is 4.31 Å². The molecule has 2 fully saturated rings. The maximum Gasteiger partial charge on any atom is 0.246 e. The monoisotopic (exact) mass is 315 g/mol. The Morgan fingerprint density at radius 2 is 2.05 bits per heavy atom. The molecule has 20 heavy (non-hydrogen) atoms. The van der Waals surface area contributed by atoms with Crippen molar-refractivity contribution in [3.8, 4) is 0 Å². The average Bonchev–Trinajstić information content (AvgIpc) is 2.62. The normalized spacial score (nSPS) is 28.5. The van der Waals surface area contributed by atoms with Crippen LogP contribution in [0.5, 0.6) is 0 Å². The third-order valence-electron chi connectivity index (χ3n) is 4.45. The lowest BCUT2D eigenvalue weighted by Gasteiger charge is -2.25. The summed E-state index contributed by atoms with van der Waals surface area (Å²) < 4.78 is 27.0. The van der Waals surface area contributed by atoms with E-state index in [1.54, 1.807) is 10.4 Å². The van der Waals surface area contributed by atoms with Crippen LogP contribution in [0, 0.1) is 0 Å². The molecule has 7 heteroatoms. The highest BCUT2D eigenvalue weighted by atomic mass is 35.5. The van der Waals surface area contributed by atoms with Gasteiger partial charge in [0, 0.05) is 31.4 Å². The summed E-state index contributed by atoms with van der Waals surface area (Å²) in [5.41, 5.74) is 0. The molecule has 2 aliphatic heterocycles. The molecule has 0 N–H and O–H groups in total. The fourth-order valence-corrected chi connectivity index (χ4v) is 5.12. The van der Waals surface area contributed by atoms with Crippen LogP contribution in [0.2, 0.25) is 5.15 Å². The second kappa shape index (κ2) is 5.26. The van der Waals surface area contributed by atoms with E-state index in [9.17, 15) is 8.42 Å². The molecule has 0 aromatic carbocycles. The van der Waals surface area contributed by atoms with Gasteiger partial charge >= 0.3 is 0 Å². The Bertz CT molecular complexity index is 607. The highest BCUT2D eigenvalue weighted by molar-refractivity contribution is 7.89. The number of fused-ring (bicyclic) bond motifs is 2. The number of hydrogen-bond donors (Lipinski definition) is 0. The lowest BCUT2D eigenvalue weighted by atomic mass is 10.1. The van der Waals surface area contributed by atoms with Gasteiger partial charge in [-0.1, -0.05) is 11.6 Å². The minimum absolute atomic E-state index is 0.0512. The van der Waals surface area contributed by atoms with E-state index in [0.29, 0.717) is 25.2 Å². The molecule has 0 radical (unpaired) electrons. The summed E-state index contributed by atoms with van der Waals surface area (Å²) in [6.45, 7) is 1.10.